The van der Waals surface area contributed by atoms with Crippen molar-refractivity contribution in [2.24, 2.45) is 5.92 Å². The highest BCUT2D eigenvalue weighted by molar-refractivity contribution is 5.79. The summed E-state index contributed by atoms with van der Waals surface area (Å²) < 4.78 is 5.30. The van der Waals surface area contributed by atoms with Crippen LogP contribution < -0.4 is 10.5 Å². The van der Waals surface area contributed by atoms with Crippen molar-refractivity contribution in [3.8, 4) is 0 Å². The van der Waals surface area contributed by atoms with E-state index in [9.17, 15) is 9.59 Å². The predicted molar refractivity (Wildman–Crippen MR) is 82.0 cm³/mol. The van der Waals surface area contributed by atoms with Crippen molar-refractivity contribution in [3.05, 3.63) is 22.1 Å². The third-order valence-electron chi connectivity index (χ3n) is 4.37. The minimum Gasteiger partial charge on any atom is -0.381 e. The Morgan fingerprint density at radius 3 is 2.95 bits per heavy atom. The van der Waals surface area contributed by atoms with Crippen molar-refractivity contribution < 1.29 is 9.53 Å². The van der Waals surface area contributed by atoms with Crippen LogP contribution in [-0.4, -0.2) is 61.2 Å². The number of ether oxygens (including phenoxy) is 1. The molecular weight excluding hydrogens is 284 g/mol. The lowest BCUT2D eigenvalue weighted by Crippen LogP contribution is -2.34. The van der Waals surface area contributed by atoms with E-state index in [1.165, 1.54) is 0 Å². The summed E-state index contributed by atoms with van der Waals surface area (Å²) in [5.74, 6) is 0.865. The Balaban J connectivity index is 1.72. The molecule has 120 valence electrons. The van der Waals surface area contributed by atoms with Crippen LogP contribution in [-0.2, 0) is 9.53 Å². The van der Waals surface area contributed by atoms with Gasteiger partial charge in [0.05, 0.1) is 18.2 Å². The first-order valence-corrected chi connectivity index (χ1v) is 7.69. The van der Waals surface area contributed by atoms with Crippen molar-refractivity contribution in [1.29, 1.82) is 0 Å². The fourth-order valence-electron chi connectivity index (χ4n) is 3.07. The zero-order valence-corrected chi connectivity index (χ0v) is 13.0. The quantitative estimate of drug-likeness (QED) is 0.862. The molecule has 7 heteroatoms. The standard InChI is InChI=1S/C15H22N4O3/c1-18(2)15-16-12(7-13(20)17-15)10-3-5-19(8-10)14(21)11-4-6-22-9-11/h7,10-11H,3-6,8-9H2,1-2H3,(H,16,17,20)/t10-,11+/m0/s1. The molecule has 22 heavy (non-hydrogen) atoms. The molecule has 3 rings (SSSR count). The minimum absolute atomic E-state index is 0.00298. The summed E-state index contributed by atoms with van der Waals surface area (Å²) >= 11 is 0. The molecule has 1 aromatic rings. The average Bonchev–Trinajstić information content (AvgIpc) is 3.17. The summed E-state index contributed by atoms with van der Waals surface area (Å²) in [5, 5.41) is 0. The van der Waals surface area contributed by atoms with Crippen LogP contribution >= 0.6 is 0 Å². The maximum Gasteiger partial charge on any atom is 0.252 e. The normalized spacial score (nSPS) is 24.7. The van der Waals surface area contributed by atoms with E-state index in [0.717, 1.165) is 25.1 Å². The Labute approximate surface area is 129 Å². The van der Waals surface area contributed by atoms with Crippen LogP contribution in [0.5, 0.6) is 0 Å². The highest BCUT2D eigenvalue weighted by Crippen LogP contribution is 2.28. The Morgan fingerprint density at radius 2 is 2.27 bits per heavy atom. The third kappa shape index (κ3) is 2.99. The van der Waals surface area contributed by atoms with E-state index in [1.807, 2.05) is 19.0 Å². The first-order chi connectivity index (χ1) is 10.5. The second-order valence-corrected chi connectivity index (χ2v) is 6.22. The first kappa shape index (κ1) is 15.0. The lowest BCUT2D eigenvalue weighted by molar-refractivity contribution is -0.134. The maximum absolute atomic E-state index is 12.4. The fourth-order valence-corrected chi connectivity index (χ4v) is 3.07. The van der Waals surface area contributed by atoms with Crippen LogP contribution in [0.3, 0.4) is 0 Å². The maximum atomic E-state index is 12.4. The van der Waals surface area contributed by atoms with E-state index in [4.69, 9.17) is 4.74 Å². The summed E-state index contributed by atoms with van der Waals surface area (Å²) in [6.45, 7) is 2.58. The van der Waals surface area contributed by atoms with Gasteiger partial charge in [-0.3, -0.25) is 14.6 Å². The summed E-state index contributed by atoms with van der Waals surface area (Å²) in [4.78, 5) is 35.1. The Kier molecular flexibility index (Phi) is 4.15. The predicted octanol–water partition coefficient (Wildman–Crippen LogP) is 0.188. The van der Waals surface area contributed by atoms with Crippen LogP contribution in [0.1, 0.15) is 24.5 Å². The van der Waals surface area contributed by atoms with Crippen LogP contribution in [0.25, 0.3) is 0 Å². The topological polar surface area (TPSA) is 78.5 Å². The van der Waals surface area contributed by atoms with Gasteiger partial charge in [-0.1, -0.05) is 0 Å². The number of rotatable bonds is 3. The number of likely N-dealkylation sites (tertiary alicyclic amines) is 1. The van der Waals surface area contributed by atoms with Gasteiger partial charge in [-0.25, -0.2) is 4.98 Å². The number of anilines is 1. The van der Waals surface area contributed by atoms with Gasteiger partial charge in [-0.2, -0.15) is 0 Å². The highest BCUT2D eigenvalue weighted by Gasteiger charge is 2.34. The van der Waals surface area contributed by atoms with E-state index in [0.29, 0.717) is 25.7 Å². The van der Waals surface area contributed by atoms with Gasteiger partial charge in [0.15, 0.2) is 0 Å². The monoisotopic (exact) mass is 306 g/mol. The number of aromatic nitrogens is 2. The molecule has 0 aliphatic carbocycles. The molecule has 1 amide bonds. The van der Waals surface area contributed by atoms with E-state index >= 15 is 0 Å². The van der Waals surface area contributed by atoms with Crippen LogP contribution in [0.4, 0.5) is 5.95 Å². The lowest BCUT2D eigenvalue weighted by atomic mass is 10.0. The van der Waals surface area contributed by atoms with Gasteiger partial charge >= 0.3 is 0 Å². The fraction of sp³-hybridized carbons (Fsp3) is 0.667. The van der Waals surface area contributed by atoms with Gasteiger partial charge in [0.1, 0.15) is 0 Å². The third-order valence-corrected chi connectivity index (χ3v) is 4.37. The van der Waals surface area contributed by atoms with Gasteiger partial charge < -0.3 is 14.5 Å². The van der Waals surface area contributed by atoms with Gasteiger partial charge in [-0.05, 0) is 12.8 Å². The van der Waals surface area contributed by atoms with Crippen LogP contribution in [0, 0.1) is 5.92 Å². The molecule has 0 aromatic carbocycles. The number of nitrogens with one attached hydrogen (secondary N) is 1. The molecule has 2 aliphatic rings. The van der Waals surface area contributed by atoms with E-state index in [-0.39, 0.29) is 23.3 Å². The molecule has 0 spiro atoms. The Hall–Kier alpha value is -1.89. The molecule has 3 heterocycles. The van der Waals surface area contributed by atoms with Crippen LogP contribution in [0.2, 0.25) is 0 Å². The molecule has 1 N–H and O–H groups in total. The molecule has 7 nitrogen and oxygen atoms in total. The Bertz CT molecular complexity index is 607. The molecule has 0 unspecified atom stereocenters. The first-order valence-electron chi connectivity index (χ1n) is 7.69. The number of H-pyrrole nitrogens is 1. The number of hydrogen-bond acceptors (Lipinski definition) is 5. The van der Waals surface area contributed by atoms with E-state index in [2.05, 4.69) is 9.97 Å². The number of aromatic amines is 1. The lowest BCUT2D eigenvalue weighted by Gasteiger charge is -2.20. The second-order valence-electron chi connectivity index (χ2n) is 6.22. The minimum atomic E-state index is -0.150. The van der Waals surface area contributed by atoms with Crippen molar-refractivity contribution >= 4 is 11.9 Å². The van der Waals surface area contributed by atoms with Crippen molar-refractivity contribution in [2.75, 3.05) is 45.3 Å². The van der Waals surface area contributed by atoms with E-state index < -0.39 is 0 Å². The Morgan fingerprint density at radius 1 is 1.45 bits per heavy atom. The molecule has 2 fully saturated rings. The summed E-state index contributed by atoms with van der Waals surface area (Å²) in [6, 6.07) is 1.55. The van der Waals surface area contributed by atoms with Gasteiger partial charge in [0, 0.05) is 45.8 Å². The number of carbonyl (C=O) groups excluding carboxylic acids is 1. The molecule has 2 aliphatic heterocycles. The molecule has 2 saturated heterocycles. The number of nitrogens with zero attached hydrogens (tertiary/aromatic N) is 3. The molecular formula is C15H22N4O3. The van der Waals surface area contributed by atoms with E-state index in [1.54, 1.807) is 11.0 Å². The number of hydrogen-bond donors (Lipinski definition) is 1. The molecule has 2 atom stereocenters. The van der Waals surface area contributed by atoms with Gasteiger partial charge in [0.25, 0.3) is 5.56 Å². The van der Waals surface area contributed by atoms with Gasteiger partial charge in [0.2, 0.25) is 11.9 Å². The van der Waals surface area contributed by atoms with Crippen molar-refractivity contribution in [2.45, 2.75) is 18.8 Å². The smallest absolute Gasteiger partial charge is 0.252 e. The summed E-state index contributed by atoms with van der Waals surface area (Å²) in [6.07, 6.45) is 1.66. The largest absolute Gasteiger partial charge is 0.381 e. The highest BCUT2D eigenvalue weighted by atomic mass is 16.5. The summed E-state index contributed by atoms with van der Waals surface area (Å²) in [7, 11) is 3.68. The number of carbonyl (C=O) groups is 1. The molecule has 0 saturated carbocycles. The van der Waals surface area contributed by atoms with Crippen LogP contribution in [0.15, 0.2) is 10.9 Å². The molecule has 0 radical (unpaired) electrons. The van der Waals surface area contributed by atoms with Gasteiger partial charge in [-0.15, -0.1) is 0 Å². The number of amides is 1. The SMILES string of the molecule is CN(C)c1nc([C@H]2CCN(C(=O)[C@@H]3CCOC3)C2)cc(=O)[nH]1. The van der Waals surface area contributed by atoms with Crippen molar-refractivity contribution in [1.82, 2.24) is 14.9 Å². The van der Waals surface area contributed by atoms with Crippen molar-refractivity contribution in [3.63, 3.8) is 0 Å². The molecule has 1 aromatic heterocycles. The average molecular weight is 306 g/mol. The zero-order chi connectivity index (χ0) is 15.7. The molecule has 0 bridgehead atoms. The zero-order valence-electron chi connectivity index (χ0n) is 13.0. The summed E-state index contributed by atoms with van der Waals surface area (Å²) in [5.41, 5.74) is 0.619. The second kappa shape index (κ2) is 6.08.